The molecule has 8 heteroatoms. The minimum absolute atomic E-state index is 0.0937. The number of alkyl halides is 3. The maximum atomic E-state index is 13.3. The van der Waals surface area contributed by atoms with Crippen LogP contribution in [0.3, 0.4) is 0 Å². The topological polar surface area (TPSA) is 62.3 Å². The van der Waals surface area contributed by atoms with Gasteiger partial charge in [-0.3, -0.25) is 14.6 Å². The Kier molecular flexibility index (Phi) is 4.91. The van der Waals surface area contributed by atoms with E-state index in [1.807, 2.05) is 0 Å². The number of hydrogen-bond donors (Lipinski definition) is 1. The minimum atomic E-state index is -4.55. The number of hydrogen-bond acceptors (Lipinski definition) is 3. The molecule has 0 aromatic carbocycles. The minimum Gasteiger partial charge on any atom is -0.352 e. The monoisotopic (exact) mass is 329 g/mol. The summed E-state index contributed by atoms with van der Waals surface area (Å²) in [6.45, 7) is 2.92. The van der Waals surface area contributed by atoms with Crippen LogP contribution in [0, 0.1) is 0 Å². The first kappa shape index (κ1) is 17.2. The quantitative estimate of drug-likeness (QED) is 0.926. The molecule has 1 aliphatic heterocycles. The van der Waals surface area contributed by atoms with E-state index >= 15 is 0 Å². The maximum absolute atomic E-state index is 13.3. The van der Waals surface area contributed by atoms with Crippen molar-refractivity contribution in [2.24, 2.45) is 0 Å². The Hall–Kier alpha value is -2.12. The van der Waals surface area contributed by atoms with Crippen LogP contribution in [0.2, 0.25) is 0 Å². The standard InChI is InChI=1S/C15H18F3N3O2/c1-9(22)19-7-11-8-20-13(6-12(11)15(16,17)18)14-4-3-5-21(14)10(2)23/h6,8,14H,3-5,7H2,1-2H3,(H,19,22)/t14-/m0/s1. The van der Waals surface area contributed by atoms with Crippen LogP contribution in [0.4, 0.5) is 13.2 Å². The summed E-state index contributed by atoms with van der Waals surface area (Å²) >= 11 is 0. The highest BCUT2D eigenvalue weighted by Gasteiger charge is 2.36. The number of aromatic nitrogens is 1. The average molecular weight is 329 g/mol. The second-order valence-corrected chi connectivity index (χ2v) is 5.54. The summed E-state index contributed by atoms with van der Waals surface area (Å²) in [6.07, 6.45) is -2.09. The largest absolute Gasteiger partial charge is 0.416 e. The van der Waals surface area contributed by atoms with E-state index in [2.05, 4.69) is 10.3 Å². The van der Waals surface area contributed by atoms with Crippen molar-refractivity contribution in [1.29, 1.82) is 0 Å². The van der Waals surface area contributed by atoms with Gasteiger partial charge in [0.05, 0.1) is 17.3 Å². The van der Waals surface area contributed by atoms with Crippen LogP contribution in [0.1, 0.15) is 49.6 Å². The summed E-state index contributed by atoms with van der Waals surface area (Å²) in [5.41, 5.74) is -0.688. The van der Waals surface area contributed by atoms with Crippen molar-refractivity contribution in [2.75, 3.05) is 6.54 Å². The van der Waals surface area contributed by atoms with Crippen molar-refractivity contribution in [3.05, 3.63) is 29.1 Å². The van der Waals surface area contributed by atoms with Crippen molar-refractivity contribution in [3.8, 4) is 0 Å². The van der Waals surface area contributed by atoms with Gasteiger partial charge in [0.15, 0.2) is 0 Å². The molecule has 0 spiro atoms. The van der Waals surface area contributed by atoms with E-state index in [1.54, 1.807) is 0 Å². The van der Waals surface area contributed by atoms with Gasteiger partial charge in [0, 0.05) is 38.7 Å². The first-order valence-electron chi connectivity index (χ1n) is 7.28. The van der Waals surface area contributed by atoms with Gasteiger partial charge in [0.2, 0.25) is 11.8 Å². The molecular formula is C15H18F3N3O2. The molecule has 1 fully saturated rings. The van der Waals surface area contributed by atoms with Crippen molar-refractivity contribution >= 4 is 11.8 Å². The lowest BCUT2D eigenvalue weighted by atomic mass is 10.0. The summed E-state index contributed by atoms with van der Waals surface area (Å²) in [7, 11) is 0. The molecule has 126 valence electrons. The number of nitrogens with zero attached hydrogens (tertiary/aromatic N) is 2. The van der Waals surface area contributed by atoms with Gasteiger partial charge < -0.3 is 10.2 Å². The Morgan fingerprint density at radius 3 is 2.65 bits per heavy atom. The summed E-state index contributed by atoms with van der Waals surface area (Å²) in [5, 5.41) is 2.35. The number of carbonyl (C=O) groups is 2. The normalized spacial score (nSPS) is 18.1. The van der Waals surface area contributed by atoms with Crippen LogP contribution in [0.5, 0.6) is 0 Å². The SMILES string of the molecule is CC(=O)NCc1cnc([C@@H]2CCCN2C(C)=O)cc1C(F)(F)F. The Morgan fingerprint density at radius 1 is 1.39 bits per heavy atom. The zero-order valence-electron chi connectivity index (χ0n) is 12.9. The van der Waals surface area contributed by atoms with E-state index in [9.17, 15) is 22.8 Å². The molecule has 0 saturated carbocycles. The van der Waals surface area contributed by atoms with Crippen LogP contribution in [-0.4, -0.2) is 28.2 Å². The van der Waals surface area contributed by atoms with Crippen LogP contribution in [-0.2, 0) is 22.3 Å². The van der Waals surface area contributed by atoms with Gasteiger partial charge in [0.25, 0.3) is 0 Å². The van der Waals surface area contributed by atoms with Gasteiger partial charge in [-0.05, 0) is 18.9 Å². The molecule has 0 bridgehead atoms. The number of nitrogens with one attached hydrogen (secondary N) is 1. The van der Waals surface area contributed by atoms with E-state index in [1.165, 1.54) is 18.7 Å². The van der Waals surface area contributed by atoms with E-state index in [-0.39, 0.29) is 23.7 Å². The Labute approximate surface area is 131 Å². The first-order valence-corrected chi connectivity index (χ1v) is 7.28. The zero-order valence-corrected chi connectivity index (χ0v) is 12.9. The number of amides is 2. The van der Waals surface area contributed by atoms with Crippen LogP contribution in [0.15, 0.2) is 12.3 Å². The smallest absolute Gasteiger partial charge is 0.352 e. The molecule has 0 aliphatic carbocycles. The zero-order chi connectivity index (χ0) is 17.2. The molecule has 0 radical (unpaired) electrons. The number of pyridine rings is 1. The predicted molar refractivity (Wildman–Crippen MR) is 76.1 cm³/mol. The molecule has 1 aromatic rings. The van der Waals surface area contributed by atoms with E-state index in [0.717, 1.165) is 18.7 Å². The molecule has 2 amide bonds. The van der Waals surface area contributed by atoms with E-state index in [4.69, 9.17) is 0 Å². The first-order chi connectivity index (χ1) is 10.7. The molecule has 1 saturated heterocycles. The maximum Gasteiger partial charge on any atom is 0.416 e. The fourth-order valence-electron chi connectivity index (χ4n) is 2.76. The molecule has 23 heavy (non-hydrogen) atoms. The molecule has 2 rings (SSSR count). The molecule has 2 heterocycles. The lowest BCUT2D eigenvalue weighted by Gasteiger charge is -2.24. The van der Waals surface area contributed by atoms with E-state index in [0.29, 0.717) is 13.0 Å². The molecule has 0 unspecified atom stereocenters. The van der Waals surface area contributed by atoms with Crippen LogP contribution in [0.25, 0.3) is 0 Å². The fourth-order valence-corrected chi connectivity index (χ4v) is 2.76. The molecule has 1 aliphatic rings. The third kappa shape index (κ3) is 4.00. The number of halogens is 3. The summed E-state index contributed by atoms with van der Waals surface area (Å²) in [4.78, 5) is 28.1. The van der Waals surface area contributed by atoms with Crippen molar-refractivity contribution < 1.29 is 22.8 Å². The van der Waals surface area contributed by atoms with Crippen LogP contribution < -0.4 is 5.32 Å². The Balaban J connectivity index is 2.36. The fraction of sp³-hybridized carbons (Fsp3) is 0.533. The van der Waals surface area contributed by atoms with Crippen molar-refractivity contribution in [2.45, 2.75) is 45.5 Å². The molecule has 1 N–H and O–H groups in total. The van der Waals surface area contributed by atoms with Crippen molar-refractivity contribution in [3.63, 3.8) is 0 Å². The third-order valence-electron chi connectivity index (χ3n) is 3.84. The van der Waals surface area contributed by atoms with E-state index < -0.39 is 23.7 Å². The number of likely N-dealkylation sites (tertiary alicyclic amines) is 1. The van der Waals surface area contributed by atoms with Gasteiger partial charge in [-0.1, -0.05) is 0 Å². The lowest BCUT2D eigenvalue weighted by Crippen LogP contribution is -2.29. The Bertz CT molecular complexity index is 616. The lowest BCUT2D eigenvalue weighted by molar-refractivity contribution is -0.138. The van der Waals surface area contributed by atoms with Crippen LogP contribution >= 0.6 is 0 Å². The van der Waals surface area contributed by atoms with Gasteiger partial charge in [-0.25, -0.2) is 0 Å². The summed E-state index contributed by atoms with van der Waals surface area (Å²) in [5.74, 6) is -0.592. The second kappa shape index (κ2) is 6.55. The number of carbonyl (C=O) groups excluding carboxylic acids is 2. The predicted octanol–water partition coefficient (Wildman–Crippen LogP) is 2.42. The summed E-state index contributed by atoms with van der Waals surface area (Å²) in [6, 6.07) is 0.562. The highest BCUT2D eigenvalue weighted by Crippen LogP contribution is 2.36. The average Bonchev–Trinajstić information content (AvgIpc) is 2.93. The molecule has 1 atom stereocenters. The van der Waals surface area contributed by atoms with Gasteiger partial charge in [-0.2, -0.15) is 13.2 Å². The number of rotatable bonds is 3. The summed E-state index contributed by atoms with van der Waals surface area (Å²) < 4.78 is 39.8. The Morgan fingerprint density at radius 2 is 2.09 bits per heavy atom. The highest BCUT2D eigenvalue weighted by molar-refractivity contribution is 5.74. The van der Waals surface area contributed by atoms with Gasteiger partial charge >= 0.3 is 6.18 Å². The highest BCUT2D eigenvalue weighted by atomic mass is 19.4. The third-order valence-corrected chi connectivity index (χ3v) is 3.84. The van der Waals surface area contributed by atoms with Gasteiger partial charge in [0.1, 0.15) is 0 Å². The molecular weight excluding hydrogens is 311 g/mol. The molecule has 5 nitrogen and oxygen atoms in total. The van der Waals surface area contributed by atoms with Gasteiger partial charge in [-0.15, -0.1) is 0 Å². The van der Waals surface area contributed by atoms with Crippen molar-refractivity contribution in [1.82, 2.24) is 15.2 Å². The second-order valence-electron chi connectivity index (χ2n) is 5.54. The molecule has 1 aromatic heterocycles.